The molecular weight excluding hydrogens is 302 g/mol. The van der Waals surface area contributed by atoms with E-state index in [-0.39, 0.29) is 0 Å². The number of morpholine rings is 1. The monoisotopic (exact) mass is 325 g/mol. The van der Waals surface area contributed by atoms with Gasteiger partial charge in [-0.15, -0.1) is 0 Å². The summed E-state index contributed by atoms with van der Waals surface area (Å²) in [4.78, 5) is 4.23. The number of rotatable bonds is 3. The van der Waals surface area contributed by atoms with Gasteiger partial charge in [-0.2, -0.15) is 17.0 Å². The molecule has 0 aliphatic carbocycles. The smallest absolute Gasteiger partial charge is 0.282 e. The van der Waals surface area contributed by atoms with E-state index < -0.39 is 10.2 Å². The second-order valence-electron chi connectivity index (χ2n) is 5.92. The Hall–Kier alpha value is -1.02. The van der Waals surface area contributed by atoms with E-state index in [0.717, 1.165) is 18.5 Å². The summed E-state index contributed by atoms with van der Waals surface area (Å²) >= 11 is 0. The van der Waals surface area contributed by atoms with Crippen molar-refractivity contribution < 1.29 is 13.2 Å². The number of ether oxygens (including phenoxy) is 1. The summed E-state index contributed by atoms with van der Waals surface area (Å²) in [7, 11) is -3.32. The molecule has 22 heavy (non-hydrogen) atoms. The second kappa shape index (κ2) is 6.62. The van der Waals surface area contributed by atoms with Crippen LogP contribution in [0.2, 0.25) is 0 Å². The molecule has 1 aromatic heterocycles. The average molecular weight is 325 g/mol. The molecule has 0 atom stereocenters. The van der Waals surface area contributed by atoms with Gasteiger partial charge in [-0.05, 0) is 43.4 Å². The molecule has 2 fully saturated rings. The summed E-state index contributed by atoms with van der Waals surface area (Å²) < 4.78 is 33.7. The number of nitrogens with zero attached hydrogens (tertiary/aromatic N) is 3. The number of aromatic nitrogens is 1. The summed E-state index contributed by atoms with van der Waals surface area (Å²) in [6, 6.07) is 4.15. The predicted octanol–water partition coefficient (Wildman–Crippen LogP) is 1.15. The van der Waals surface area contributed by atoms with Crippen LogP contribution >= 0.6 is 0 Å². The topological polar surface area (TPSA) is 62.7 Å². The van der Waals surface area contributed by atoms with Gasteiger partial charge in [0.15, 0.2) is 0 Å². The molecule has 2 aliphatic rings. The zero-order valence-corrected chi connectivity index (χ0v) is 13.8. The average Bonchev–Trinajstić information content (AvgIpc) is 2.56. The Bertz CT molecular complexity index is 606. The molecule has 1 aromatic rings. The van der Waals surface area contributed by atoms with Crippen molar-refractivity contribution in [1.29, 1.82) is 0 Å². The summed E-state index contributed by atoms with van der Waals surface area (Å²) in [5.74, 6) is 0.429. The summed E-state index contributed by atoms with van der Waals surface area (Å²) in [5, 5.41) is 0. The first kappa shape index (κ1) is 15.9. The van der Waals surface area contributed by atoms with Gasteiger partial charge in [-0.1, -0.05) is 0 Å². The molecule has 0 amide bonds. The number of hydrogen-bond acceptors (Lipinski definition) is 4. The zero-order valence-electron chi connectivity index (χ0n) is 12.9. The van der Waals surface area contributed by atoms with Gasteiger partial charge in [-0.3, -0.25) is 4.98 Å². The first-order chi connectivity index (χ1) is 10.6. The van der Waals surface area contributed by atoms with Crippen LogP contribution in [0.5, 0.6) is 0 Å². The largest absolute Gasteiger partial charge is 0.379 e. The maximum atomic E-state index is 12.6. The van der Waals surface area contributed by atoms with Gasteiger partial charge in [0.05, 0.1) is 13.2 Å². The number of piperidine rings is 1. The van der Waals surface area contributed by atoms with Gasteiger partial charge in [0.1, 0.15) is 0 Å². The molecule has 7 heteroatoms. The Balaban J connectivity index is 1.63. The van der Waals surface area contributed by atoms with Crippen LogP contribution in [0, 0.1) is 6.92 Å². The minimum Gasteiger partial charge on any atom is -0.379 e. The highest BCUT2D eigenvalue weighted by Crippen LogP contribution is 2.29. The quantitative estimate of drug-likeness (QED) is 0.836. The van der Waals surface area contributed by atoms with Crippen LogP contribution in [0.15, 0.2) is 18.3 Å². The molecule has 0 bridgehead atoms. The standard InChI is InChI=1S/C15H23N3O3S/c1-13-12-15(2-5-16-13)14-3-6-17(7-4-14)22(19,20)18-8-10-21-11-9-18/h2,5,12,14H,3-4,6-11H2,1H3. The molecule has 0 aromatic carbocycles. The van der Waals surface area contributed by atoms with E-state index in [1.54, 1.807) is 8.61 Å². The Labute approximate surface area is 132 Å². The van der Waals surface area contributed by atoms with Crippen LogP contribution in [0.25, 0.3) is 0 Å². The van der Waals surface area contributed by atoms with Gasteiger partial charge in [-0.25, -0.2) is 0 Å². The molecule has 0 saturated carbocycles. The van der Waals surface area contributed by atoms with Crippen molar-refractivity contribution in [2.45, 2.75) is 25.7 Å². The Kier molecular flexibility index (Phi) is 4.77. The highest BCUT2D eigenvalue weighted by Gasteiger charge is 2.34. The van der Waals surface area contributed by atoms with Crippen molar-refractivity contribution in [3.05, 3.63) is 29.6 Å². The lowest BCUT2D eigenvalue weighted by Gasteiger charge is -2.36. The van der Waals surface area contributed by atoms with Crippen molar-refractivity contribution in [1.82, 2.24) is 13.6 Å². The van der Waals surface area contributed by atoms with E-state index in [1.807, 2.05) is 19.2 Å². The third-order valence-electron chi connectivity index (χ3n) is 4.47. The van der Waals surface area contributed by atoms with Gasteiger partial charge in [0, 0.05) is 38.1 Å². The van der Waals surface area contributed by atoms with E-state index in [2.05, 4.69) is 11.1 Å². The van der Waals surface area contributed by atoms with Crippen LogP contribution < -0.4 is 0 Å². The van der Waals surface area contributed by atoms with Crippen molar-refractivity contribution >= 4 is 10.2 Å². The molecule has 0 unspecified atom stereocenters. The van der Waals surface area contributed by atoms with Crippen LogP contribution in [0.3, 0.4) is 0 Å². The highest BCUT2D eigenvalue weighted by molar-refractivity contribution is 7.86. The third-order valence-corrected chi connectivity index (χ3v) is 6.50. The van der Waals surface area contributed by atoms with Gasteiger partial charge in [0.2, 0.25) is 0 Å². The van der Waals surface area contributed by atoms with Crippen LogP contribution in [0.1, 0.15) is 30.0 Å². The Morgan fingerprint density at radius 2 is 1.77 bits per heavy atom. The lowest BCUT2D eigenvalue weighted by atomic mass is 9.90. The minimum atomic E-state index is -3.32. The van der Waals surface area contributed by atoms with Crippen molar-refractivity contribution in [2.24, 2.45) is 0 Å². The highest BCUT2D eigenvalue weighted by atomic mass is 32.2. The molecular formula is C15H23N3O3S. The third kappa shape index (κ3) is 3.32. The Morgan fingerprint density at radius 1 is 1.14 bits per heavy atom. The molecule has 2 aliphatic heterocycles. The number of pyridine rings is 1. The van der Waals surface area contributed by atoms with Crippen molar-refractivity contribution in [3.63, 3.8) is 0 Å². The second-order valence-corrected chi connectivity index (χ2v) is 7.85. The molecule has 2 saturated heterocycles. The molecule has 122 valence electrons. The number of aryl methyl sites for hydroxylation is 1. The van der Waals surface area contributed by atoms with Crippen molar-refractivity contribution in [2.75, 3.05) is 39.4 Å². The fourth-order valence-corrected chi connectivity index (χ4v) is 4.79. The molecule has 0 radical (unpaired) electrons. The lowest BCUT2D eigenvalue weighted by molar-refractivity contribution is 0.0696. The van der Waals surface area contributed by atoms with E-state index in [9.17, 15) is 8.42 Å². The molecule has 3 heterocycles. The molecule has 3 rings (SSSR count). The zero-order chi connectivity index (χ0) is 15.6. The number of hydrogen-bond donors (Lipinski definition) is 0. The van der Waals surface area contributed by atoms with Gasteiger partial charge >= 0.3 is 0 Å². The fraction of sp³-hybridized carbons (Fsp3) is 0.667. The summed E-state index contributed by atoms with van der Waals surface area (Å²) in [6.45, 7) is 5.08. The fourth-order valence-electron chi connectivity index (χ4n) is 3.18. The molecule has 0 spiro atoms. The van der Waals surface area contributed by atoms with E-state index in [4.69, 9.17) is 4.74 Å². The predicted molar refractivity (Wildman–Crippen MR) is 83.8 cm³/mol. The minimum absolute atomic E-state index is 0.429. The maximum Gasteiger partial charge on any atom is 0.282 e. The Morgan fingerprint density at radius 3 is 2.41 bits per heavy atom. The van der Waals surface area contributed by atoms with E-state index >= 15 is 0 Å². The molecule has 0 N–H and O–H groups in total. The molecule has 6 nitrogen and oxygen atoms in total. The first-order valence-electron chi connectivity index (χ1n) is 7.83. The van der Waals surface area contributed by atoms with Gasteiger partial charge in [0.25, 0.3) is 10.2 Å². The van der Waals surface area contributed by atoms with Gasteiger partial charge < -0.3 is 4.74 Å². The summed E-state index contributed by atoms with van der Waals surface area (Å²) in [5.41, 5.74) is 2.29. The van der Waals surface area contributed by atoms with Crippen LogP contribution in [-0.4, -0.2) is 61.4 Å². The first-order valence-corrected chi connectivity index (χ1v) is 9.22. The maximum absolute atomic E-state index is 12.6. The SMILES string of the molecule is Cc1cc(C2CCN(S(=O)(=O)N3CCOCC3)CC2)ccn1. The van der Waals surface area contributed by atoms with E-state index in [0.29, 0.717) is 45.3 Å². The lowest BCUT2D eigenvalue weighted by Crippen LogP contribution is -2.50. The summed E-state index contributed by atoms with van der Waals surface area (Å²) in [6.07, 6.45) is 3.57. The van der Waals surface area contributed by atoms with Crippen molar-refractivity contribution in [3.8, 4) is 0 Å². The normalized spacial score (nSPS) is 22.8. The van der Waals surface area contributed by atoms with Crippen LogP contribution in [-0.2, 0) is 14.9 Å². The van der Waals surface area contributed by atoms with E-state index in [1.165, 1.54) is 5.56 Å². The van der Waals surface area contributed by atoms with Crippen LogP contribution in [0.4, 0.5) is 0 Å².